The lowest BCUT2D eigenvalue weighted by Gasteiger charge is -2.18. The van der Waals surface area contributed by atoms with Crippen molar-refractivity contribution in [2.75, 3.05) is 16.8 Å². The van der Waals surface area contributed by atoms with Crippen LogP contribution in [0.15, 0.2) is 53.4 Å². The summed E-state index contributed by atoms with van der Waals surface area (Å²) in [5.74, 6) is -3.23. The van der Waals surface area contributed by atoms with E-state index in [-0.39, 0.29) is 29.2 Å². The molecule has 0 radical (unpaired) electrons. The number of esters is 1. The zero-order valence-corrected chi connectivity index (χ0v) is 17.3. The maximum atomic E-state index is 14.0. The molecule has 164 valence electrons. The number of carbonyl (C=O) groups excluding carboxylic acids is 3. The first-order valence-electron chi connectivity index (χ1n) is 9.25. The van der Waals surface area contributed by atoms with E-state index in [9.17, 15) is 27.2 Å². The van der Waals surface area contributed by atoms with E-state index >= 15 is 0 Å². The highest BCUT2D eigenvalue weighted by molar-refractivity contribution is 7.89. The third-order valence-electron chi connectivity index (χ3n) is 4.71. The second-order valence-electron chi connectivity index (χ2n) is 6.99. The number of nitrogens with two attached hydrogens (primary N) is 1. The molecule has 3 N–H and O–H groups in total. The Morgan fingerprint density at radius 1 is 1.19 bits per heavy atom. The highest BCUT2D eigenvalue weighted by Gasteiger charge is 2.38. The van der Waals surface area contributed by atoms with E-state index < -0.39 is 45.6 Å². The zero-order chi connectivity index (χ0) is 22.8. The van der Waals surface area contributed by atoms with Crippen LogP contribution >= 0.6 is 0 Å². The molecule has 9 nitrogen and oxygen atoms in total. The number of sulfonamides is 1. The van der Waals surface area contributed by atoms with Gasteiger partial charge in [-0.15, -0.1) is 0 Å². The lowest BCUT2D eigenvalue weighted by Crippen LogP contribution is -2.33. The van der Waals surface area contributed by atoms with Crippen LogP contribution in [0.3, 0.4) is 0 Å². The predicted molar refractivity (Wildman–Crippen MR) is 109 cm³/mol. The van der Waals surface area contributed by atoms with Gasteiger partial charge in [0.05, 0.1) is 16.5 Å². The number of primary sulfonamides is 1. The minimum Gasteiger partial charge on any atom is -0.452 e. The maximum Gasteiger partial charge on any atom is 0.312 e. The van der Waals surface area contributed by atoms with Gasteiger partial charge in [-0.25, -0.2) is 17.9 Å². The van der Waals surface area contributed by atoms with Crippen molar-refractivity contribution in [1.29, 1.82) is 0 Å². The number of ether oxygens (including phenoxy) is 1. The minimum absolute atomic E-state index is 0.0536. The highest BCUT2D eigenvalue weighted by atomic mass is 32.2. The van der Waals surface area contributed by atoms with Crippen LogP contribution in [-0.4, -0.2) is 38.9 Å². The minimum atomic E-state index is -3.86. The number of para-hydroxylation sites is 1. The number of nitrogens with zero attached hydrogens (tertiary/aromatic N) is 1. The molecule has 1 saturated heterocycles. The van der Waals surface area contributed by atoms with E-state index in [1.165, 1.54) is 54.3 Å². The molecule has 0 aromatic heterocycles. The molecule has 1 aliphatic heterocycles. The zero-order valence-electron chi connectivity index (χ0n) is 16.4. The average molecular weight is 449 g/mol. The summed E-state index contributed by atoms with van der Waals surface area (Å²) < 4.78 is 41.6. The van der Waals surface area contributed by atoms with Gasteiger partial charge < -0.3 is 15.0 Å². The van der Waals surface area contributed by atoms with Crippen LogP contribution in [0.2, 0.25) is 0 Å². The Hall–Kier alpha value is -3.31. The van der Waals surface area contributed by atoms with Crippen molar-refractivity contribution in [2.45, 2.75) is 24.3 Å². The Kier molecular flexibility index (Phi) is 6.37. The number of hydrogen-bond acceptors (Lipinski definition) is 6. The summed E-state index contributed by atoms with van der Waals surface area (Å²) in [6.07, 6.45) is -1.33. The second kappa shape index (κ2) is 8.82. The molecule has 2 atom stereocenters. The van der Waals surface area contributed by atoms with Crippen molar-refractivity contribution >= 4 is 39.2 Å². The SMILES string of the molecule is C[C@@H](OC(=O)[C@@H]1CC(=O)N(c2ccccc2F)C1)C(=O)Nc1ccc(S(N)(=O)=O)cc1. The number of halogens is 1. The first kappa shape index (κ1) is 22.4. The summed E-state index contributed by atoms with van der Waals surface area (Å²) in [5.41, 5.74) is 0.360. The Bertz CT molecular complexity index is 1120. The summed E-state index contributed by atoms with van der Waals surface area (Å²) in [4.78, 5) is 38.0. The van der Waals surface area contributed by atoms with E-state index in [4.69, 9.17) is 9.88 Å². The van der Waals surface area contributed by atoms with E-state index in [1.54, 1.807) is 6.07 Å². The molecule has 1 fully saturated rings. The molecule has 31 heavy (non-hydrogen) atoms. The van der Waals surface area contributed by atoms with E-state index in [0.29, 0.717) is 0 Å². The molecular weight excluding hydrogens is 429 g/mol. The monoisotopic (exact) mass is 449 g/mol. The van der Waals surface area contributed by atoms with Crippen LogP contribution in [0.1, 0.15) is 13.3 Å². The van der Waals surface area contributed by atoms with Gasteiger partial charge in [0, 0.05) is 18.7 Å². The Labute approximate surface area is 178 Å². The Balaban J connectivity index is 1.58. The van der Waals surface area contributed by atoms with Gasteiger partial charge in [0.25, 0.3) is 5.91 Å². The summed E-state index contributed by atoms with van der Waals surface area (Å²) in [5, 5.41) is 7.50. The molecule has 1 aliphatic rings. The van der Waals surface area contributed by atoms with Crippen LogP contribution in [0.5, 0.6) is 0 Å². The van der Waals surface area contributed by atoms with Crippen molar-refractivity contribution in [3.05, 3.63) is 54.3 Å². The van der Waals surface area contributed by atoms with Gasteiger partial charge in [0.1, 0.15) is 5.82 Å². The van der Waals surface area contributed by atoms with Crippen molar-refractivity contribution in [3.63, 3.8) is 0 Å². The van der Waals surface area contributed by atoms with Crippen molar-refractivity contribution in [3.8, 4) is 0 Å². The smallest absolute Gasteiger partial charge is 0.312 e. The number of hydrogen-bond donors (Lipinski definition) is 2. The number of nitrogens with one attached hydrogen (secondary N) is 1. The van der Waals surface area contributed by atoms with Gasteiger partial charge in [-0.05, 0) is 43.3 Å². The van der Waals surface area contributed by atoms with Crippen LogP contribution in [0, 0.1) is 11.7 Å². The van der Waals surface area contributed by atoms with Gasteiger partial charge in [-0.2, -0.15) is 0 Å². The Morgan fingerprint density at radius 3 is 2.45 bits per heavy atom. The van der Waals surface area contributed by atoms with E-state index in [1.807, 2.05) is 0 Å². The van der Waals surface area contributed by atoms with E-state index in [0.717, 1.165) is 0 Å². The molecule has 0 saturated carbocycles. The summed E-state index contributed by atoms with van der Waals surface area (Å²) in [6, 6.07) is 10.9. The van der Waals surface area contributed by atoms with Gasteiger partial charge >= 0.3 is 5.97 Å². The molecule has 0 bridgehead atoms. The predicted octanol–water partition coefficient (Wildman–Crippen LogP) is 1.40. The normalized spacial score (nSPS) is 17.3. The van der Waals surface area contributed by atoms with Gasteiger partial charge in [0.15, 0.2) is 6.10 Å². The standard InChI is InChI=1S/C20H20FN3O6S/c1-12(19(26)23-14-6-8-15(9-7-14)31(22,28)29)30-20(27)13-10-18(25)24(11-13)17-5-3-2-4-16(17)21/h2-9,12-13H,10-11H2,1H3,(H,23,26)(H2,22,28,29)/t12-,13-/m1/s1. The first-order chi connectivity index (χ1) is 14.6. The lowest BCUT2D eigenvalue weighted by molar-refractivity contribution is -0.157. The summed E-state index contributed by atoms with van der Waals surface area (Å²) in [7, 11) is -3.86. The largest absolute Gasteiger partial charge is 0.452 e. The average Bonchev–Trinajstić information content (AvgIpc) is 3.09. The van der Waals surface area contributed by atoms with Crippen molar-refractivity contribution < 1.29 is 31.9 Å². The van der Waals surface area contributed by atoms with Crippen LogP contribution in [0.4, 0.5) is 15.8 Å². The third kappa shape index (κ3) is 5.25. The van der Waals surface area contributed by atoms with Crippen molar-refractivity contribution in [2.24, 2.45) is 11.1 Å². The third-order valence-corrected chi connectivity index (χ3v) is 5.64. The topological polar surface area (TPSA) is 136 Å². The van der Waals surface area contributed by atoms with Crippen LogP contribution in [-0.2, 0) is 29.1 Å². The fraction of sp³-hybridized carbons (Fsp3) is 0.250. The molecule has 2 amide bonds. The number of rotatable bonds is 6. The van der Waals surface area contributed by atoms with Crippen LogP contribution < -0.4 is 15.4 Å². The molecule has 0 unspecified atom stereocenters. The summed E-state index contributed by atoms with van der Waals surface area (Å²) >= 11 is 0. The molecular formula is C20H20FN3O6S. The van der Waals surface area contributed by atoms with Gasteiger partial charge in [-0.3, -0.25) is 14.4 Å². The molecule has 1 heterocycles. The highest BCUT2D eigenvalue weighted by Crippen LogP contribution is 2.28. The number of amides is 2. The fourth-order valence-corrected chi connectivity index (χ4v) is 3.58. The van der Waals surface area contributed by atoms with Gasteiger partial charge in [0.2, 0.25) is 15.9 Å². The molecule has 11 heteroatoms. The molecule has 3 rings (SSSR count). The number of anilines is 2. The summed E-state index contributed by atoms with van der Waals surface area (Å²) in [6.45, 7) is 1.30. The molecule has 2 aromatic rings. The van der Waals surface area contributed by atoms with Gasteiger partial charge in [-0.1, -0.05) is 12.1 Å². The molecule has 2 aromatic carbocycles. The fourth-order valence-electron chi connectivity index (χ4n) is 3.06. The second-order valence-corrected chi connectivity index (χ2v) is 8.56. The number of benzene rings is 2. The Morgan fingerprint density at radius 2 is 1.84 bits per heavy atom. The first-order valence-corrected chi connectivity index (χ1v) is 10.8. The quantitative estimate of drug-likeness (QED) is 0.640. The maximum absolute atomic E-state index is 14.0. The number of carbonyl (C=O) groups is 3. The lowest BCUT2D eigenvalue weighted by atomic mass is 10.1. The van der Waals surface area contributed by atoms with E-state index in [2.05, 4.69) is 5.32 Å². The van der Waals surface area contributed by atoms with Crippen molar-refractivity contribution in [1.82, 2.24) is 0 Å². The van der Waals surface area contributed by atoms with Crippen LogP contribution in [0.25, 0.3) is 0 Å². The molecule has 0 aliphatic carbocycles. The molecule has 0 spiro atoms.